The van der Waals surface area contributed by atoms with Gasteiger partial charge in [-0.25, -0.2) is 0 Å². The first-order chi connectivity index (χ1) is 13.5. The molecule has 3 aromatic rings. The molecule has 0 saturated heterocycles. The monoisotopic (exact) mass is 403 g/mol. The van der Waals surface area contributed by atoms with Crippen LogP contribution in [0.25, 0.3) is 11.5 Å². The molecule has 0 bridgehead atoms. The number of hydrogen-bond donors (Lipinski definition) is 0. The van der Waals surface area contributed by atoms with Gasteiger partial charge in [0, 0.05) is 18.7 Å². The van der Waals surface area contributed by atoms with Crippen LogP contribution in [-0.4, -0.2) is 48.0 Å². The first-order valence-electron chi connectivity index (χ1n) is 8.47. The van der Waals surface area contributed by atoms with Crippen molar-refractivity contribution in [2.24, 2.45) is 0 Å². The minimum Gasteiger partial charge on any atom is -0.497 e. The minimum absolute atomic E-state index is 0.0677. The van der Waals surface area contributed by atoms with E-state index in [1.54, 1.807) is 44.4 Å². The zero-order chi connectivity index (χ0) is 20.1. The Hall–Kier alpha value is -2.94. The summed E-state index contributed by atoms with van der Waals surface area (Å²) in [6, 6.07) is 9.03. The molecule has 148 valence electrons. The number of ether oxygens (including phenoxy) is 2. The van der Waals surface area contributed by atoms with Gasteiger partial charge in [-0.3, -0.25) is 4.79 Å². The van der Waals surface area contributed by atoms with Gasteiger partial charge in [0.05, 0.1) is 26.5 Å². The quantitative estimate of drug-likeness (QED) is 0.529. The molecule has 0 spiro atoms. The fourth-order valence-electron chi connectivity index (χ4n) is 2.44. The Morgan fingerprint density at radius 3 is 2.43 bits per heavy atom. The van der Waals surface area contributed by atoms with E-state index in [0.29, 0.717) is 34.7 Å². The van der Waals surface area contributed by atoms with Crippen LogP contribution in [0.2, 0.25) is 0 Å². The number of carbonyl (C=O) groups is 1. The van der Waals surface area contributed by atoms with Crippen LogP contribution in [0.1, 0.15) is 11.5 Å². The first-order valence-corrected chi connectivity index (χ1v) is 9.46. The van der Waals surface area contributed by atoms with Crippen LogP contribution in [-0.2, 0) is 11.3 Å². The fraction of sp³-hybridized carbons (Fsp3) is 0.316. The fourth-order valence-corrected chi connectivity index (χ4v) is 3.15. The molecule has 2 aromatic heterocycles. The van der Waals surface area contributed by atoms with Crippen LogP contribution in [0, 0.1) is 6.92 Å². The van der Waals surface area contributed by atoms with E-state index in [-0.39, 0.29) is 11.7 Å². The number of methoxy groups -OCH3 is 2. The van der Waals surface area contributed by atoms with E-state index < -0.39 is 0 Å². The molecule has 0 N–H and O–H groups in total. The Bertz CT molecular complexity index is 930. The molecule has 1 aromatic carbocycles. The van der Waals surface area contributed by atoms with Crippen molar-refractivity contribution in [3.63, 3.8) is 0 Å². The molecule has 8 nitrogen and oxygen atoms in total. The molecule has 0 radical (unpaired) electrons. The van der Waals surface area contributed by atoms with Crippen LogP contribution >= 0.6 is 11.8 Å². The molecule has 0 unspecified atom stereocenters. The Kier molecular flexibility index (Phi) is 6.25. The van der Waals surface area contributed by atoms with E-state index in [1.807, 2.05) is 19.1 Å². The number of rotatable bonds is 8. The highest BCUT2D eigenvalue weighted by Gasteiger charge is 2.16. The molecule has 3 rings (SSSR count). The van der Waals surface area contributed by atoms with E-state index in [9.17, 15) is 4.79 Å². The first kappa shape index (κ1) is 19.8. The smallest absolute Gasteiger partial charge is 0.277 e. The molecular formula is C19H21N3O5S. The summed E-state index contributed by atoms with van der Waals surface area (Å²) < 4.78 is 21.7. The molecule has 0 atom stereocenters. The zero-order valence-electron chi connectivity index (χ0n) is 16.1. The summed E-state index contributed by atoms with van der Waals surface area (Å²) in [7, 11) is 4.86. The van der Waals surface area contributed by atoms with Crippen molar-refractivity contribution in [1.29, 1.82) is 0 Å². The highest BCUT2D eigenvalue weighted by Crippen LogP contribution is 2.30. The van der Waals surface area contributed by atoms with E-state index in [1.165, 1.54) is 11.8 Å². The van der Waals surface area contributed by atoms with Crippen molar-refractivity contribution in [3.8, 4) is 23.0 Å². The lowest BCUT2D eigenvalue weighted by atomic mass is 10.2. The molecule has 28 heavy (non-hydrogen) atoms. The molecule has 2 heterocycles. The number of nitrogens with zero attached hydrogens (tertiary/aromatic N) is 3. The van der Waals surface area contributed by atoms with Crippen molar-refractivity contribution < 1.29 is 23.1 Å². The van der Waals surface area contributed by atoms with E-state index in [0.717, 1.165) is 11.5 Å². The summed E-state index contributed by atoms with van der Waals surface area (Å²) in [6.07, 6.45) is 0. The number of furan rings is 1. The lowest BCUT2D eigenvalue weighted by Gasteiger charge is -2.14. The Balaban J connectivity index is 1.61. The van der Waals surface area contributed by atoms with Crippen molar-refractivity contribution in [2.45, 2.75) is 18.7 Å². The summed E-state index contributed by atoms with van der Waals surface area (Å²) >= 11 is 1.18. The van der Waals surface area contributed by atoms with E-state index in [4.69, 9.17) is 18.3 Å². The van der Waals surface area contributed by atoms with Crippen LogP contribution in [0.15, 0.2) is 44.4 Å². The topological polar surface area (TPSA) is 90.8 Å². The van der Waals surface area contributed by atoms with Gasteiger partial charge in [0.1, 0.15) is 23.0 Å². The molecular weight excluding hydrogens is 382 g/mol. The highest BCUT2D eigenvalue weighted by molar-refractivity contribution is 7.99. The Morgan fingerprint density at radius 2 is 1.82 bits per heavy atom. The van der Waals surface area contributed by atoms with Crippen molar-refractivity contribution in [3.05, 3.63) is 41.9 Å². The third-order valence-corrected chi connectivity index (χ3v) is 4.74. The van der Waals surface area contributed by atoms with Gasteiger partial charge in [0.25, 0.3) is 5.22 Å². The van der Waals surface area contributed by atoms with Gasteiger partial charge in [0.15, 0.2) is 0 Å². The van der Waals surface area contributed by atoms with E-state index >= 15 is 0 Å². The van der Waals surface area contributed by atoms with Gasteiger partial charge in [0.2, 0.25) is 11.8 Å². The second-order valence-corrected chi connectivity index (χ2v) is 6.95. The zero-order valence-corrected chi connectivity index (χ0v) is 16.9. The average Bonchev–Trinajstić information content (AvgIpc) is 3.34. The number of benzene rings is 1. The molecule has 0 aliphatic carbocycles. The molecule has 0 fully saturated rings. The summed E-state index contributed by atoms with van der Waals surface area (Å²) in [5, 5.41) is 8.35. The minimum atomic E-state index is -0.0677. The standard InChI is InChI=1S/C19H21N3O5S/c1-12-5-6-14(26-12)10-22(2)17(23)11-28-19-21-20-18(27-19)13-7-15(24-3)9-16(8-13)25-4/h5-9H,10-11H2,1-4H3. The SMILES string of the molecule is COc1cc(OC)cc(-c2nnc(SCC(=O)N(C)Cc3ccc(C)o3)o2)c1. The van der Waals surface area contributed by atoms with Crippen LogP contribution in [0.4, 0.5) is 0 Å². The molecule has 1 amide bonds. The van der Waals surface area contributed by atoms with Gasteiger partial charge in [-0.15, -0.1) is 10.2 Å². The maximum absolute atomic E-state index is 12.3. The van der Waals surface area contributed by atoms with Crippen LogP contribution in [0.5, 0.6) is 11.5 Å². The third kappa shape index (κ3) is 4.86. The number of aromatic nitrogens is 2. The largest absolute Gasteiger partial charge is 0.497 e. The lowest BCUT2D eigenvalue weighted by Crippen LogP contribution is -2.27. The van der Waals surface area contributed by atoms with Crippen LogP contribution < -0.4 is 9.47 Å². The van der Waals surface area contributed by atoms with Gasteiger partial charge < -0.3 is 23.2 Å². The molecule has 9 heteroatoms. The molecule has 0 saturated carbocycles. The van der Waals surface area contributed by atoms with E-state index in [2.05, 4.69) is 10.2 Å². The predicted molar refractivity (Wildman–Crippen MR) is 103 cm³/mol. The summed E-state index contributed by atoms with van der Waals surface area (Å²) in [4.78, 5) is 13.9. The summed E-state index contributed by atoms with van der Waals surface area (Å²) in [5.41, 5.74) is 0.673. The third-order valence-electron chi connectivity index (χ3n) is 3.94. The second-order valence-electron chi connectivity index (χ2n) is 6.03. The highest BCUT2D eigenvalue weighted by atomic mass is 32.2. The van der Waals surface area contributed by atoms with Gasteiger partial charge in [-0.2, -0.15) is 0 Å². The molecule has 0 aliphatic rings. The average molecular weight is 403 g/mol. The normalized spacial score (nSPS) is 10.7. The van der Waals surface area contributed by atoms with Gasteiger partial charge in [-0.05, 0) is 31.2 Å². The van der Waals surface area contributed by atoms with Crippen molar-refractivity contribution >= 4 is 17.7 Å². The second kappa shape index (κ2) is 8.83. The predicted octanol–water partition coefficient (Wildman–Crippen LogP) is 3.41. The summed E-state index contributed by atoms with van der Waals surface area (Å²) in [6.45, 7) is 2.28. The molecule has 0 aliphatic heterocycles. The number of hydrogen-bond acceptors (Lipinski definition) is 8. The number of amides is 1. The Morgan fingerprint density at radius 1 is 1.11 bits per heavy atom. The lowest BCUT2D eigenvalue weighted by molar-refractivity contribution is -0.127. The maximum Gasteiger partial charge on any atom is 0.277 e. The van der Waals surface area contributed by atoms with Gasteiger partial charge in [-0.1, -0.05) is 11.8 Å². The van der Waals surface area contributed by atoms with Crippen molar-refractivity contribution in [1.82, 2.24) is 15.1 Å². The van der Waals surface area contributed by atoms with Crippen molar-refractivity contribution in [2.75, 3.05) is 27.0 Å². The number of carbonyl (C=O) groups excluding carboxylic acids is 1. The number of aryl methyl sites for hydroxylation is 1. The maximum atomic E-state index is 12.3. The van der Waals surface area contributed by atoms with Gasteiger partial charge >= 0.3 is 0 Å². The number of thioether (sulfide) groups is 1. The van der Waals surface area contributed by atoms with Crippen LogP contribution in [0.3, 0.4) is 0 Å². The summed E-state index contributed by atoms with van der Waals surface area (Å²) in [5.74, 6) is 3.23. The Labute approximate surface area is 166 Å².